The van der Waals surface area contributed by atoms with Gasteiger partial charge in [-0.1, -0.05) is 0 Å². The molecule has 17 heavy (non-hydrogen) atoms. The van der Waals surface area contributed by atoms with Gasteiger partial charge in [-0.25, -0.2) is 10.7 Å². The van der Waals surface area contributed by atoms with E-state index < -0.39 is 11.2 Å². The van der Waals surface area contributed by atoms with E-state index in [9.17, 15) is 9.90 Å². The summed E-state index contributed by atoms with van der Waals surface area (Å²) in [6.07, 6.45) is 0.556. The fraction of sp³-hybridized carbons (Fsp3) is 0.909. The number of ether oxygens (including phenoxy) is 1. The first-order chi connectivity index (χ1) is 7.76. The highest BCUT2D eigenvalue weighted by Crippen LogP contribution is 2.23. The van der Waals surface area contributed by atoms with Crippen LogP contribution in [-0.2, 0) is 9.57 Å². The Bertz CT molecular complexity index is 267. The van der Waals surface area contributed by atoms with Crippen molar-refractivity contribution in [2.24, 2.45) is 5.90 Å². The highest BCUT2D eigenvalue weighted by molar-refractivity contribution is 5.68. The molecule has 0 spiro atoms. The lowest BCUT2D eigenvalue weighted by Crippen LogP contribution is -2.50. The molecule has 0 bridgehead atoms. The largest absolute Gasteiger partial charge is 0.444 e. The van der Waals surface area contributed by atoms with Crippen molar-refractivity contribution in [3.8, 4) is 0 Å². The predicted molar refractivity (Wildman–Crippen MR) is 62.1 cm³/mol. The van der Waals surface area contributed by atoms with Crippen LogP contribution in [0.25, 0.3) is 0 Å². The molecule has 0 aromatic carbocycles. The summed E-state index contributed by atoms with van der Waals surface area (Å²) < 4.78 is 5.25. The minimum Gasteiger partial charge on any atom is -0.444 e. The summed E-state index contributed by atoms with van der Waals surface area (Å²) in [6, 6.07) is 0. The maximum atomic E-state index is 11.7. The van der Waals surface area contributed by atoms with Crippen molar-refractivity contribution in [1.82, 2.24) is 4.90 Å². The molecule has 1 fully saturated rings. The molecule has 0 aliphatic carbocycles. The van der Waals surface area contributed by atoms with Crippen molar-refractivity contribution in [1.29, 1.82) is 0 Å². The number of rotatable bonds is 2. The number of piperidine rings is 1. The number of aliphatic hydroxyl groups is 1. The third kappa shape index (κ3) is 4.49. The smallest absolute Gasteiger partial charge is 0.410 e. The quantitative estimate of drug-likeness (QED) is 0.698. The second-order valence-electron chi connectivity index (χ2n) is 5.50. The van der Waals surface area contributed by atoms with Gasteiger partial charge < -0.3 is 19.6 Å². The van der Waals surface area contributed by atoms with Gasteiger partial charge in [-0.05, 0) is 33.6 Å². The number of carbonyl (C=O) groups is 1. The lowest BCUT2D eigenvalue weighted by Gasteiger charge is -2.37. The topological polar surface area (TPSA) is 85.0 Å². The van der Waals surface area contributed by atoms with Crippen LogP contribution in [0.3, 0.4) is 0 Å². The lowest BCUT2D eigenvalue weighted by atomic mass is 9.93. The van der Waals surface area contributed by atoms with Gasteiger partial charge in [0.1, 0.15) is 5.60 Å². The van der Waals surface area contributed by atoms with E-state index >= 15 is 0 Å². The molecule has 0 aromatic rings. The Morgan fingerprint density at radius 1 is 1.41 bits per heavy atom. The van der Waals surface area contributed by atoms with Gasteiger partial charge >= 0.3 is 6.09 Å². The van der Waals surface area contributed by atoms with Gasteiger partial charge in [0, 0.05) is 13.1 Å². The van der Waals surface area contributed by atoms with Crippen molar-refractivity contribution in [2.45, 2.75) is 44.8 Å². The molecule has 1 aliphatic rings. The van der Waals surface area contributed by atoms with Crippen LogP contribution in [0.5, 0.6) is 0 Å². The summed E-state index contributed by atoms with van der Waals surface area (Å²) in [7, 11) is 0. The average molecular weight is 246 g/mol. The molecule has 1 aliphatic heterocycles. The standard InChI is InChI=1S/C11H22N2O4/c1-10(2,3)17-9(14)13-6-4-11(15,5-7-13)8-16-12/h15H,4-8,12H2,1-3H3. The first-order valence-electron chi connectivity index (χ1n) is 5.78. The van der Waals surface area contributed by atoms with Gasteiger partial charge in [-0.15, -0.1) is 0 Å². The van der Waals surface area contributed by atoms with Crippen LogP contribution in [0.4, 0.5) is 4.79 Å². The van der Waals surface area contributed by atoms with Crippen molar-refractivity contribution in [3.63, 3.8) is 0 Å². The predicted octanol–water partition coefficient (Wildman–Crippen LogP) is 0.639. The van der Waals surface area contributed by atoms with E-state index in [0.717, 1.165) is 0 Å². The third-order valence-corrected chi connectivity index (χ3v) is 2.70. The summed E-state index contributed by atoms with van der Waals surface area (Å²) in [5.74, 6) is 4.96. The highest BCUT2D eigenvalue weighted by atomic mass is 16.6. The van der Waals surface area contributed by atoms with Crippen LogP contribution in [0, 0.1) is 0 Å². The maximum Gasteiger partial charge on any atom is 0.410 e. The molecule has 3 N–H and O–H groups in total. The molecule has 0 aromatic heterocycles. The monoisotopic (exact) mass is 246 g/mol. The fourth-order valence-corrected chi connectivity index (χ4v) is 1.73. The SMILES string of the molecule is CC(C)(C)OC(=O)N1CCC(O)(CON)CC1. The molecule has 1 heterocycles. The molecule has 1 amide bonds. The Morgan fingerprint density at radius 2 is 1.94 bits per heavy atom. The molecule has 6 heteroatoms. The summed E-state index contributed by atoms with van der Waals surface area (Å²) in [4.78, 5) is 17.8. The molecule has 1 rings (SSSR count). The van der Waals surface area contributed by atoms with Crippen LogP contribution in [0.2, 0.25) is 0 Å². The van der Waals surface area contributed by atoms with E-state index in [0.29, 0.717) is 25.9 Å². The minimum atomic E-state index is -0.923. The number of likely N-dealkylation sites (tertiary alicyclic amines) is 1. The Balaban J connectivity index is 2.44. The zero-order chi connectivity index (χ0) is 13.1. The average Bonchev–Trinajstić information content (AvgIpc) is 2.15. The van der Waals surface area contributed by atoms with Crippen molar-refractivity contribution < 1.29 is 19.5 Å². The lowest BCUT2D eigenvalue weighted by molar-refractivity contribution is -0.0830. The Kier molecular flexibility index (Phi) is 4.35. The van der Waals surface area contributed by atoms with Gasteiger partial charge in [-0.3, -0.25) is 0 Å². The van der Waals surface area contributed by atoms with Crippen LogP contribution in [0.15, 0.2) is 0 Å². The first-order valence-corrected chi connectivity index (χ1v) is 5.78. The molecule has 0 atom stereocenters. The Morgan fingerprint density at radius 3 is 2.35 bits per heavy atom. The summed E-state index contributed by atoms with van der Waals surface area (Å²) in [5, 5.41) is 10.0. The van der Waals surface area contributed by atoms with Crippen LogP contribution in [0.1, 0.15) is 33.6 Å². The zero-order valence-corrected chi connectivity index (χ0v) is 10.7. The maximum absolute atomic E-state index is 11.7. The number of nitrogens with two attached hydrogens (primary N) is 1. The van der Waals surface area contributed by atoms with Gasteiger partial charge in [0.2, 0.25) is 0 Å². The second-order valence-corrected chi connectivity index (χ2v) is 5.50. The van der Waals surface area contributed by atoms with Gasteiger partial charge in [0.05, 0.1) is 12.2 Å². The molecule has 0 radical (unpaired) electrons. The molecule has 0 saturated carbocycles. The van der Waals surface area contributed by atoms with E-state index in [2.05, 4.69) is 4.84 Å². The first kappa shape index (κ1) is 14.2. The van der Waals surface area contributed by atoms with E-state index in [1.54, 1.807) is 4.90 Å². The molecular formula is C11H22N2O4. The van der Waals surface area contributed by atoms with E-state index in [1.165, 1.54) is 0 Å². The minimum absolute atomic E-state index is 0.0924. The molecule has 1 saturated heterocycles. The highest BCUT2D eigenvalue weighted by Gasteiger charge is 2.35. The van der Waals surface area contributed by atoms with Crippen molar-refractivity contribution in [3.05, 3.63) is 0 Å². The number of hydrogen-bond donors (Lipinski definition) is 2. The number of hydrogen-bond acceptors (Lipinski definition) is 5. The summed E-state index contributed by atoms with van der Waals surface area (Å²) in [5.41, 5.74) is -1.42. The van der Waals surface area contributed by atoms with E-state index in [4.69, 9.17) is 10.6 Å². The third-order valence-electron chi connectivity index (χ3n) is 2.70. The Labute approximate surface area is 102 Å². The zero-order valence-electron chi connectivity index (χ0n) is 10.7. The number of nitrogens with zero attached hydrogens (tertiary/aromatic N) is 1. The summed E-state index contributed by atoms with van der Waals surface area (Å²) >= 11 is 0. The van der Waals surface area contributed by atoms with Crippen LogP contribution < -0.4 is 5.90 Å². The molecule has 0 unspecified atom stereocenters. The normalized spacial score (nSPS) is 20.2. The van der Waals surface area contributed by atoms with Crippen molar-refractivity contribution >= 4 is 6.09 Å². The van der Waals surface area contributed by atoms with Gasteiger partial charge in [0.15, 0.2) is 0 Å². The molecular weight excluding hydrogens is 224 g/mol. The summed E-state index contributed by atoms with van der Waals surface area (Å²) in [6.45, 7) is 6.48. The Hall–Kier alpha value is -0.850. The van der Waals surface area contributed by atoms with Gasteiger partial charge in [-0.2, -0.15) is 0 Å². The number of amides is 1. The molecule has 6 nitrogen and oxygen atoms in total. The van der Waals surface area contributed by atoms with Crippen LogP contribution >= 0.6 is 0 Å². The number of carbonyl (C=O) groups excluding carboxylic acids is 1. The van der Waals surface area contributed by atoms with E-state index in [-0.39, 0.29) is 12.7 Å². The fourth-order valence-electron chi connectivity index (χ4n) is 1.73. The van der Waals surface area contributed by atoms with Crippen molar-refractivity contribution in [2.75, 3.05) is 19.7 Å². The van der Waals surface area contributed by atoms with Gasteiger partial charge in [0.25, 0.3) is 0 Å². The van der Waals surface area contributed by atoms with E-state index in [1.807, 2.05) is 20.8 Å². The van der Waals surface area contributed by atoms with Crippen LogP contribution in [-0.4, -0.2) is 47.0 Å². The molecule has 100 valence electrons. The second kappa shape index (κ2) is 5.20.